The van der Waals surface area contributed by atoms with Crippen molar-refractivity contribution in [3.63, 3.8) is 0 Å². The lowest BCUT2D eigenvalue weighted by atomic mass is 10.1. The lowest BCUT2D eigenvalue weighted by Gasteiger charge is -2.37. The number of rotatable bonds is 6. The van der Waals surface area contributed by atoms with E-state index >= 15 is 0 Å². The van der Waals surface area contributed by atoms with Gasteiger partial charge in [0.15, 0.2) is 0 Å². The highest BCUT2D eigenvalue weighted by Gasteiger charge is 2.24. The molecule has 0 bridgehead atoms. The minimum atomic E-state index is -0.237. The highest BCUT2D eigenvalue weighted by Crippen LogP contribution is 2.20. The van der Waals surface area contributed by atoms with Gasteiger partial charge in [0.2, 0.25) is 11.8 Å². The number of halogens is 1. The largest absolute Gasteiger partial charge is 0.366 e. The summed E-state index contributed by atoms with van der Waals surface area (Å²) in [7, 11) is 0. The summed E-state index contributed by atoms with van der Waals surface area (Å²) in [4.78, 5) is 29.6. The number of nitrogens with zero attached hydrogens (tertiary/aromatic N) is 3. The summed E-state index contributed by atoms with van der Waals surface area (Å²) in [5.74, 6) is 0.145. The van der Waals surface area contributed by atoms with E-state index in [4.69, 9.17) is 0 Å². The van der Waals surface area contributed by atoms with Crippen molar-refractivity contribution >= 4 is 17.5 Å². The van der Waals surface area contributed by atoms with Gasteiger partial charge < -0.3 is 14.7 Å². The molecule has 0 aliphatic carbocycles. The maximum atomic E-state index is 13.9. The number of piperazine rings is 1. The molecule has 0 aromatic heterocycles. The van der Waals surface area contributed by atoms with E-state index in [1.807, 2.05) is 11.0 Å². The van der Waals surface area contributed by atoms with E-state index in [0.29, 0.717) is 44.3 Å². The maximum Gasteiger partial charge on any atom is 0.242 e. The van der Waals surface area contributed by atoms with Crippen molar-refractivity contribution in [3.8, 4) is 0 Å². The first-order valence-corrected chi connectivity index (χ1v) is 8.91. The zero-order chi connectivity index (χ0) is 18.4. The third-order valence-electron chi connectivity index (χ3n) is 4.57. The fourth-order valence-corrected chi connectivity index (χ4v) is 2.93. The van der Waals surface area contributed by atoms with E-state index in [2.05, 4.69) is 13.8 Å². The number of carbonyl (C=O) groups excluding carboxylic acids is 2. The van der Waals surface area contributed by atoms with E-state index in [-0.39, 0.29) is 24.2 Å². The summed E-state index contributed by atoms with van der Waals surface area (Å²) in [6.45, 7) is 8.72. The van der Waals surface area contributed by atoms with Gasteiger partial charge in [-0.3, -0.25) is 9.59 Å². The molecule has 1 saturated heterocycles. The second kappa shape index (κ2) is 8.83. The molecule has 2 rings (SSSR count). The molecule has 1 fully saturated rings. The summed E-state index contributed by atoms with van der Waals surface area (Å²) in [6, 6.07) is 6.70. The molecule has 0 N–H and O–H groups in total. The SMILES string of the molecule is CC(=O)N(CCC(C)C)CC(=O)N1CCN(c2ccccc2F)CC1. The molecule has 5 nitrogen and oxygen atoms in total. The van der Waals surface area contributed by atoms with E-state index in [9.17, 15) is 14.0 Å². The Morgan fingerprint density at radius 3 is 2.36 bits per heavy atom. The van der Waals surface area contributed by atoms with Gasteiger partial charge in [-0.05, 0) is 24.5 Å². The van der Waals surface area contributed by atoms with Crippen LogP contribution in [0.5, 0.6) is 0 Å². The predicted molar refractivity (Wildman–Crippen MR) is 96.9 cm³/mol. The van der Waals surface area contributed by atoms with E-state index in [0.717, 1.165) is 6.42 Å². The Bertz CT molecular complexity index is 598. The molecule has 2 amide bonds. The third kappa shape index (κ3) is 5.44. The average molecular weight is 349 g/mol. The summed E-state index contributed by atoms with van der Waals surface area (Å²) in [6.07, 6.45) is 0.883. The number of anilines is 1. The summed E-state index contributed by atoms with van der Waals surface area (Å²) < 4.78 is 13.9. The summed E-state index contributed by atoms with van der Waals surface area (Å²) in [5.41, 5.74) is 0.580. The van der Waals surface area contributed by atoms with Gasteiger partial charge in [0.25, 0.3) is 0 Å². The molecule has 0 radical (unpaired) electrons. The molecule has 1 aliphatic rings. The van der Waals surface area contributed by atoms with Crippen LogP contribution in [0, 0.1) is 11.7 Å². The Morgan fingerprint density at radius 1 is 1.16 bits per heavy atom. The van der Waals surface area contributed by atoms with Gasteiger partial charge in [0, 0.05) is 39.6 Å². The van der Waals surface area contributed by atoms with E-state index in [1.165, 1.54) is 13.0 Å². The van der Waals surface area contributed by atoms with Crippen molar-refractivity contribution in [1.29, 1.82) is 0 Å². The van der Waals surface area contributed by atoms with Gasteiger partial charge in [-0.2, -0.15) is 0 Å². The van der Waals surface area contributed by atoms with Crippen LogP contribution in [-0.4, -0.2) is 60.9 Å². The van der Waals surface area contributed by atoms with Crippen molar-refractivity contribution in [2.45, 2.75) is 27.2 Å². The molecule has 25 heavy (non-hydrogen) atoms. The number of hydrogen-bond acceptors (Lipinski definition) is 3. The normalized spacial score (nSPS) is 14.8. The zero-order valence-electron chi connectivity index (χ0n) is 15.4. The van der Waals surface area contributed by atoms with Crippen LogP contribution < -0.4 is 4.90 Å². The second-order valence-corrected chi connectivity index (χ2v) is 6.94. The minimum Gasteiger partial charge on any atom is -0.366 e. The highest BCUT2D eigenvalue weighted by molar-refractivity contribution is 5.84. The van der Waals surface area contributed by atoms with Gasteiger partial charge in [0.1, 0.15) is 5.82 Å². The number of amides is 2. The van der Waals surface area contributed by atoms with Crippen LogP contribution >= 0.6 is 0 Å². The van der Waals surface area contributed by atoms with E-state index < -0.39 is 0 Å². The quantitative estimate of drug-likeness (QED) is 0.792. The minimum absolute atomic E-state index is 0.0351. The van der Waals surface area contributed by atoms with Crippen LogP contribution in [0.4, 0.5) is 10.1 Å². The number of para-hydroxylation sites is 1. The first kappa shape index (κ1) is 19.2. The Kier molecular flexibility index (Phi) is 6.79. The summed E-state index contributed by atoms with van der Waals surface area (Å²) in [5, 5.41) is 0. The molecule has 0 spiro atoms. The fraction of sp³-hybridized carbons (Fsp3) is 0.579. The van der Waals surface area contributed by atoms with Crippen molar-refractivity contribution in [3.05, 3.63) is 30.1 Å². The van der Waals surface area contributed by atoms with Crippen LogP contribution in [0.2, 0.25) is 0 Å². The van der Waals surface area contributed by atoms with Crippen LogP contribution in [0.15, 0.2) is 24.3 Å². The average Bonchev–Trinajstić information content (AvgIpc) is 2.58. The van der Waals surface area contributed by atoms with Crippen LogP contribution in [0.25, 0.3) is 0 Å². The lowest BCUT2D eigenvalue weighted by molar-refractivity contribution is -0.139. The lowest BCUT2D eigenvalue weighted by Crippen LogP contribution is -2.52. The van der Waals surface area contributed by atoms with Crippen molar-refractivity contribution in [2.24, 2.45) is 5.92 Å². The number of carbonyl (C=O) groups is 2. The van der Waals surface area contributed by atoms with Gasteiger partial charge in [-0.15, -0.1) is 0 Å². The number of hydrogen-bond donors (Lipinski definition) is 0. The first-order valence-electron chi connectivity index (χ1n) is 8.91. The molecule has 0 saturated carbocycles. The molecule has 0 atom stereocenters. The molecule has 138 valence electrons. The molecular weight excluding hydrogens is 321 g/mol. The molecule has 0 unspecified atom stereocenters. The van der Waals surface area contributed by atoms with Crippen LogP contribution in [0.3, 0.4) is 0 Å². The Hall–Kier alpha value is -2.11. The van der Waals surface area contributed by atoms with Crippen LogP contribution in [-0.2, 0) is 9.59 Å². The van der Waals surface area contributed by atoms with Gasteiger partial charge in [0.05, 0.1) is 12.2 Å². The van der Waals surface area contributed by atoms with Gasteiger partial charge in [-0.1, -0.05) is 26.0 Å². The molecule has 1 aromatic rings. The summed E-state index contributed by atoms with van der Waals surface area (Å²) >= 11 is 0. The molecule has 1 heterocycles. The Balaban J connectivity index is 1.88. The third-order valence-corrected chi connectivity index (χ3v) is 4.57. The van der Waals surface area contributed by atoms with Crippen molar-refractivity contribution in [2.75, 3.05) is 44.2 Å². The molecule has 1 aromatic carbocycles. The standard InChI is InChI=1S/C19H28FN3O2/c1-15(2)8-9-23(16(3)24)14-19(25)22-12-10-21(11-13-22)18-7-5-4-6-17(18)20/h4-7,15H,8-14H2,1-3H3. The highest BCUT2D eigenvalue weighted by atomic mass is 19.1. The Morgan fingerprint density at radius 2 is 1.80 bits per heavy atom. The predicted octanol–water partition coefficient (Wildman–Crippen LogP) is 2.37. The molecule has 1 aliphatic heterocycles. The van der Waals surface area contributed by atoms with Crippen LogP contribution in [0.1, 0.15) is 27.2 Å². The van der Waals surface area contributed by atoms with Gasteiger partial charge >= 0.3 is 0 Å². The van der Waals surface area contributed by atoms with E-state index in [1.54, 1.807) is 21.9 Å². The second-order valence-electron chi connectivity index (χ2n) is 6.94. The zero-order valence-corrected chi connectivity index (χ0v) is 15.4. The monoisotopic (exact) mass is 349 g/mol. The fourth-order valence-electron chi connectivity index (χ4n) is 2.93. The first-order chi connectivity index (χ1) is 11.9. The van der Waals surface area contributed by atoms with Crippen molar-refractivity contribution < 1.29 is 14.0 Å². The van der Waals surface area contributed by atoms with Gasteiger partial charge in [-0.25, -0.2) is 4.39 Å². The maximum absolute atomic E-state index is 13.9. The topological polar surface area (TPSA) is 43.9 Å². The Labute approximate surface area is 149 Å². The number of benzene rings is 1. The smallest absolute Gasteiger partial charge is 0.242 e. The molecule has 6 heteroatoms. The molecular formula is C19H28FN3O2. The van der Waals surface area contributed by atoms with Crippen molar-refractivity contribution in [1.82, 2.24) is 9.80 Å².